The van der Waals surface area contributed by atoms with Gasteiger partial charge in [0.15, 0.2) is 0 Å². The Bertz CT molecular complexity index is 879. The molecular formula is C23H31N5O. The Balaban J connectivity index is 1.17. The zero-order valence-electron chi connectivity index (χ0n) is 17.5. The van der Waals surface area contributed by atoms with Crippen LogP contribution in [0.4, 0.5) is 0 Å². The molecular weight excluding hydrogens is 362 g/mol. The molecule has 6 heteroatoms. The summed E-state index contributed by atoms with van der Waals surface area (Å²) < 4.78 is 2.29. The summed E-state index contributed by atoms with van der Waals surface area (Å²) in [6.07, 6.45) is 3.00. The third kappa shape index (κ3) is 3.59. The highest BCUT2D eigenvalue weighted by atomic mass is 16.2. The van der Waals surface area contributed by atoms with Crippen molar-refractivity contribution < 1.29 is 4.79 Å². The first kappa shape index (κ1) is 18.8. The van der Waals surface area contributed by atoms with Crippen LogP contribution in [0.25, 0.3) is 0 Å². The molecule has 5 rings (SSSR count). The lowest BCUT2D eigenvalue weighted by molar-refractivity contribution is -0.133. The van der Waals surface area contributed by atoms with E-state index in [0.717, 1.165) is 63.6 Å². The van der Waals surface area contributed by atoms with Gasteiger partial charge in [0.1, 0.15) is 11.6 Å². The normalized spacial score (nSPS) is 24.6. The van der Waals surface area contributed by atoms with Crippen molar-refractivity contribution in [2.75, 3.05) is 19.6 Å². The number of nitrogens with one attached hydrogen (secondary N) is 1. The van der Waals surface area contributed by atoms with Crippen molar-refractivity contribution in [3.8, 4) is 0 Å². The Morgan fingerprint density at radius 1 is 1.10 bits per heavy atom. The zero-order valence-corrected chi connectivity index (χ0v) is 17.5. The third-order valence-corrected chi connectivity index (χ3v) is 6.96. The molecule has 1 aliphatic carbocycles. The van der Waals surface area contributed by atoms with Gasteiger partial charge in [0, 0.05) is 38.0 Å². The first-order chi connectivity index (χ1) is 14.1. The van der Waals surface area contributed by atoms with Gasteiger partial charge in [-0.2, -0.15) is 0 Å². The lowest BCUT2D eigenvalue weighted by Gasteiger charge is -2.32. The Hall–Kier alpha value is -2.21. The molecule has 0 bridgehead atoms. The number of rotatable bonds is 4. The van der Waals surface area contributed by atoms with E-state index in [0.29, 0.717) is 23.7 Å². The van der Waals surface area contributed by atoms with Crippen molar-refractivity contribution in [3.05, 3.63) is 47.0 Å². The van der Waals surface area contributed by atoms with Crippen LogP contribution >= 0.6 is 0 Å². The number of hydrogen-bond acceptors (Lipinski definition) is 4. The summed E-state index contributed by atoms with van der Waals surface area (Å²) in [6.45, 7) is 8.87. The molecule has 1 saturated carbocycles. The summed E-state index contributed by atoms with van der Waals surface area (Å²) in [5, 5.41) is 12.2. The second-order valence-electron chi connectivity index (χ2n) is 9.17. The molecule has 1 N–H and O–H groups in total. The minimum absolute atomic E-state index is 0.184. The van der Waals surface area contributed by atoms with E-state index in [9.17, 15) is 4.79 Å². The first-order valence-corrected chi connectivity index (χ1v) is 11.1. The monoisotopic (exact) mass is 393 g/mol. The molecule has 2 aromatic rings. The molecule has 0 radical (unpaired) electrons. The number of carbonyl (C=O) groups is 1. The number of carbonyl (C=O) groups excluding carboxylic acids is 1. The maximum absolute atomic E-state index is 13.0. The predicted molar refractivity (Wildman–Crippen MR) is 112 cm³/mol. The predicted octanol–water partition coefficient (Wildman–Crippen LogP) is 3.01. The SMILES string of the molecule is CC(C)c1ccc(C2CC2C(=O)N2CCC(c3nnc4n3CCNC4)CC2)cc1. The summed E-state index contributed by atoms with van der Waals surface area (Å²) in [5.74, 6) is 4.11. The number of amides is 1. The summed E-state index contributed by atoms with van der Waals surface area (Å²) in [5.41, 5.74) is 2.69. The summed E-state index contributed by atoms with van der Waals surface area (Å²) in [7, 11) is 0. The smallest absolute Gasteiger partial charge is 0.226 e. The molecule has 3 heterocycles. The van der Waals surface area contributed by atoms with Crippen LogP contribution in [0.1, 0.15) is 73.6 Å². The Labute approximate surface area is 172 Å². The fraction of sp³-hybridized carbons (Fsp3) is 0.609. The lowest BCUT2D eigenvalue weighted by Crippen LogP contribution is -2.39. The van der Waals surface area contributed by atoms with Crippen molar-refractivity contribution in [2.45, 2.75) is 64.0 Å². The summed E-state index contributed by atoms with van der Waals surface area (Å²) in [4.78, 5) is 15.1. The van der Waals surface area contributed by atoms with Crippen LogP contribution in [0, 0.1) is 5.92 Å². The number of likely N-dealkylation sites (tertiary alicyclic amines) is 1. The molecule has 6 nitrogen and oxygen atoms in total. The van der Waals surface area contributed by atoms with Gasteiger partial charge in [0.05, 0.1) is 6.54 Å². The topological polar surface area (TPSA) is 63.1 Å². The Morgan fingerprint density at radius 2 is 1.86 bits per heavy atom. The zero-order chi connectivity index (χ0) is 20.0. The number of piperidine rings is 1. The molecule has 1 saturated heterocycles. The number of aromatic nitrogens is 3. The summed E-state index contributed by atoms with van der Waals surface area (Å²) in [6, 6.07) is 8.89. The Kier molecular flexibility index (Phi) is 4.90. The van der Waals surface area contributed by atoms with Crippen molar-refractivity contribution in [2.24, 2.45) is 5.92 Å². The molecule has 1 amide bonds. The standard InChI is InChI=1S/C23H31N5O/c1-15(2)16-3-5-17(6-4-16)19-13-20(19)23(29)27-10-7-18(8-11-27)22-26-25-21-14-24-9-12-28(21)22/h3-6,15,18-20,24H,7-14H2,1-2H3. The van der Waals surface area contributed by atoms with E-state index < -0.39 is 0 Å². The number of fused-ring (bicyclic) bond motifs is 1. The number of benzene rings is 1. The average molecular weight is 394 g/mol. The van der Waals surface area contributed by atoms with Gasteiger partial charge in [-0.05, 0) is 42.2 Å². The van der Waals surface area contributed by atoms with Gasteiger partial charge in [0.25, 0.3) is 0 Å². The molecule has 1 aromatic heterocycles. The minimum Gasteiger partial charge on any atom is -0.342 e. The summed E-state index contributed by atoms with van der Waals surface area (Å²) >= 11 is 0. The van der Waals surface area contributed by atoms with E-state index in [2.05, 4.69) is 63.1 Å². The van der Waals surface area contributed by atoms with E-state index >= 15 is 0 Å². The van der Waals surface area contributed by atoms with E-state index in [1.54, 1.807) is 0 Å². The molecule has 1 aromatic carbocycles. The highest BCUT2D eigenvalue weighted by molar-refractivity contribution is 5.83. The van der Waals surface area contributed by atoms with Gasteiger partial charge < -0.3 is 14.8 Å². The van der Waals surface area contributed by atoms with Gasteiger partial charge in [0.2, 0.25) is 5.91 Å². The second-order valence-corrected chi connectivity index (χ2v) is 9.17. The fourth-order valence-electron chi connectivity index (χ4n) is 4.97. The molecule has 2 atom stereocenters. The lowest BCUT2D eigenvalue weighted by atomic mass is 9.95. The van der Waals surface area contributed by atoms with Gasteiger partial charge in [-0.15, -0.1) is 10.2 Å². The first-order valence-electron chi connectivity index (χ1n) is 11.1. The van der Waals surface area contributed by atoms with Crippen LogP contribution in [0.5, 0.6) is 0 Å². The highest BCUT2D eigenvalue weighted by Gasteiger charge is 2.46. The Morgan fingerprint density at radius 3 is 2.59 bits per heavy atom. The number of hydrogen-bond donors (Lipinski definition) is 1. The van der Waals surface area contributed by atoms with Crippen LogP contribution in [-0.2, 0) is 17.9 Å². The van der Waals surface area contributed by atoms with Gasteiger partial charge in [-0.3, -0.25) is 4.79 Å². The van der Waals surface area contributed by atoms with Gasteiger partial charge in [-0.1, -0.05) is 38.1 Å². The fourth-order valence-corrected chi connectivity index (χ4v) is 4.97. The molecule has 2 fully saturated rings. The maximum Gasteiger partial charge on any atom is 0.226 e. The minimum atomic E-state index is 0.184. The molecule has 154 valence electrons. The molecule has 2 aliphatic heterocycles. The van der Waals surface area contributed by atoms with Crippen molar-refractivity contribution in [3.63, 3.8) is 0 Å². The maximum atomic E-state index is 13.0. The van der Waals surface area contributed by atoms with Crippen molar-refractivity contribution >= 4 is 5.91 Å². The van der Waals surface area contributed by atoms with Crippen LogP contribution in [0.15, 0.2) is 24.3 Å². The molecule has 0 spiro atoms. The van der Waals surface area contributed by atoms with E-state index in [1.807, 2.05) is 0 Å². The number of nitrogens with zero attached hydrogens (tertiary/aromatic N) is 4. The quantitative estimate of drug-likeness (QED) is 0.867. The second kappa shape index (κ2) is 7.56. The van der Waals surface area contributed by atoms with Gasteiger partial charge >= 0.3 is 0 Å². The third-order valence-electron chi connectivity index (χ3n) is 6.96. The highest BCUT2D eigenvalue weighted by Crippen LogP contribution is 2.49. The van der Waals surface area contributed by atoms with Crippen molar-refractivity contribution in [1.82, 2.24) is 25.0 Å². The van der Waals surface area contributed by atoms with Crippen LogP contribution < -0.4 is 5.32 Å². The van der Waals surface area contributed by atoms with E-state index in [4.69, 9.17) is 0 Å². The van der Waals surface area contributed by atoms with Crippen LogP contribution in [0.3, 0.4) is 0 Å². The van der Waals surface area contributed by atoms with Crippen molar-refractivity contribution in [1.29, 1.82) is 0 Å². The van der Waals surface area contributed by atoms with Crippen LogP contribution in [-0.4, -0.2) is 45.2 Å². The van der Waals surface area contributed by atoms with E-state index in [-0.39, 0.29) is 5.92 Å². The average Bonchev–Trinajstić information content (AvgIpc) is 3.45. The molecule has 2 unspecified atom stereocenters. The van der Waals surface area contributed by atoms with E-state index in [1.165, 1.54) is 11.1 Å². The largest absolute Gasteiger partial charge is 0.342 e. The molecule has 3 aliphatic rings. The molecule has 29 heavy (non-hydrogen) atoms. The van der Waals surface area contributed by atoms with Gasteiger partial charge in [-0.25, -0.2) is 0 Å². The van der Waals surface area contributed by atoms with Crippen LogP contribution in [0.2, 0.25) is 0 Å².